The molecule has 2 rings (SSSR count). The number of rotatable bonds is 3. The normalized spacial score (nSPS) is 25.6. The Morgan fingerprint density at radius 2 is 2.06 bits per heavy atom. The van der Waals surface area contributed by atoms with E-state index in [2.05, 4.69) is 0 Å². The van der Waals surface area contributed by atoms with Gasteiger partial charge in [0.1, 0.15) is 5.75 Å². The lowest BCUT2D eigenvalue weighted by Gasteiger charge is -2.36. The molecule has 3 N–H and O–H groups in total. The number of aromatic hydroxyl groups is 1. The maximum Gasteiger partial charge on any atom is 0.115 e. The van der Waals surface area contributed by atoms with Gasteiger partial charge in [-0.25, -0.2) is 0 Å². The number of benzene rings is 1. The predicted octanol–water partition coefficient (Wildman–Crippen LogP) is 1.69. The second-order valence-electron chi connectivity index (χ2n) is 4.70. The number of hydrogen-bond donors (Lipinski definition) is 2. The third kappa shape index (κ3) is 2.54. The molecule has 1 heterocycles. The van der Waals surface area contributed by atoms with Crippen LogP contribution < -0.4 is 5.73 Å². The Morgan fingerprint density at radius 3 is 2.62 bits per heavy atom. The SMILES string of the molecule is NCC1(Cc2ccc(O)cc2)CCCOC1. The van der Waals surface area contributed by atoms with E-state index >= 15 is 0 Å². The Bertz CT molecular complexity index is 328. The van der Waals surface area contributed by atoms with E-state index in [9.17, 15) is 5.11 Å². The summed E-state index contributed by atoms with van der Waals surface area (Å²) in [6.07, 6.45) is 3.16. The zero-order valence-corrected chi connectivity index (χ0v) is 9.48. The van der Waals surface area contributed by atoms with Crippen LogP contribution in [0.15, 0.2) is 24.3 Å². The summed E-state index contributed by atoms with van der Waals surface area (Å²) in [5.74, 6) is 0.311. The predicted molar refractivity (Wildman–Crippen MR) is 63.4 cm³/mol. The van der Waals surface area contributed by atoms with E-state index in [0.717, 1.165) is 32.5 Å². The van der Waals surface area contributed by atoms with Crippen LogP contribution in [-0.4, -0.2) is 24.9 Å². The minimum atomic E-state index is 0.0925. The summed E-state index contributed by atoms with van der Waals surface area (Å²) in [6, 6.07) is 7.37. The minimum absolute atomic E-state index is 0.0925. The lowest BCUT2D eigenvalue weighted by molar-refractivity contribution is -0.00264. The maximum absolute atomic E-state index is 9.23. The lowest BCUT2D eigenvalue weighted by atomic mass is 9.77. The van der Waals surface area contributed by atoms with Crippen LogP contribution in [-0.2, 0) is 11.2 Å². The molecule has 3 nitrogen and oxygen atoms in total. The topological polar surface area (TPSA) is 55.5 Å². The highest BCUT2D eigenvalue weighted by Gasteiger charge is 2.31. The molecule has 1 unspecified atom stereocenters. The summed E-state index contributed by atoms with van der Waals surface area (Å²) in [6.45, 7) is 2.27. The van der Waals surface area contributed by atoms with Gasteiger partial charge in [0, 0.05) is 18.6 Å². The second kappa shape index (κ2) is 4.85. The van der Waals surface area contributed by atoms with E-state index in [0.29, 0.717) is 12.3 Å². The van der Waals surface area contributed by atoms with Crippen molar-refractivity contribution in [3.63, 3.8) is 0 Å². The van der Waals surface area contributed by atoms with Gasteiger partial charge in [-0.3, -0.25) is 0 Å². The van der Waals surface area contributed by atoms with Crippen molar-refractivity contribution < 1.29 is 9.84 Å². The Hall–Kier alpha value is -1.06. The molecular formula is C13H19NO2. The average molecular weight is 221 g/mol. The molecule has 0 saturated carbocycles. The highest BCUT2D eigenvalue weighted by Crippen LogP contribution is 2.31. The quantitative estimate of drug-likeness (QED) is 0.816. The first-order chi connectivity index (χ1) is 7.74. The van der Waals surface area contributed by atoms with E-state index in [-0.39, 0.29) is 5.41 Å². The second-order valence-corrected chi connectivity index (χ2v) is 4.70. The molecule has 0 spiro atoms. The van der Waals surface area contributed by atoms with E-state index in [1.807, 2.05) is 12.1 Å². The average Bonchev–Trinajstić information content (AvgIpc) is 2.33. The van der Waals surface area contributed by atoms with Crippen LogP contribution in [0, 0.1) is 5.41 Å². The third-order valence-electron chi connectivity index (χ3n) is 3.35. The summed E-state index contributed by atoms with van der Waals surface area (Å²) >= 11 is 0. The van der Waals surface area contributed by atoms with Crippen LogP contribution in [0.5, 0.6) is 5.75 Å². The van der Waals surface area contributed by atoms with Gasteiger partial charge in [0.05, 0.1) is 6.61 Å². The van der Waals surface area contributed by atoms with Gasteiger partial charge in [-0.2, -0.15) is 0 Å². The van der Waals surface area contributed by atoms with Gasteiger partial charge in [0.25, 0.3) is 0 Å². The molecule has 3 heteroatoms. The highest BCUT2D eigenvalue weighted by atomic mass is 16.5. The van der Waals surface area contributed by atoms with Crippen molar-refractivity contribution in [1.29, 1.82) is 0 Å². The first-order valence-corrected chi connectivity index (χ1v) is 5.80. The molecule has 1 aliphatic rings. The molecule has 0 aliphatic carbocycles. The van der Waals surface area contributed by atoms with E-state index < -0.39 is 0 Å². The fourth-order valence-electron chi connectivity index (χ4n) is 2.33. The monoisotopic (exact) mass is 221 g/mol. The smallest absolute Gasteiger partial charge is 0.115 e. The highest BCUT2D eigenvalue weighted by molar-refractivity contribution is 5.26. The van der Waals surface area contributed by atoms with Gasteiger partial charge < -0.3 is 15.6 Å². The van der Waals surface area contributed by atoms with Gasteiger partial charge in [0.2, 0.25) is 0 Å². The third-order valence-corrected chi connectivity index (χ3v) is 3.35. The van der Waals surface area contributed by atoms with E-state index in [4.69, 9.17) is 10.5 Å². The number of phenols is 1. The van der Waals surface area contributed by atoms with Crippen molar-refractivity contribution in [2.24, 2.45) is 11.1 Å². The molecular weight excluding hydrogens is 202 g/mol. The molecule has 1 aliphatic heterocycles. The van der Waals surface area contributed by atoms with Crippen molar-refractivity contribution in [2.45, 2.75) is 19.3 Å². The van der Waals surface area contributed by atoms with Crippen LogP contribution in [0.3, 0.4) is 0 Å². The molecule has 1 aromatic rings. The van der Waals surface area contributed by atoms with E-state index in [1.54, 1.807) is 12.1 Å². The lowest BCUT2D eigenvalue weighted by Crippen LogP contribution is -2.40. The Morgan fingerprint density at radius 1 is 1.31 bits per heavy atom. The van der Waals surface area contributed by atoms with Crippen molar-refractivity contribution in [3.05, 3.63) is 29.8 Å². The van der Waals surface area contributed by atoms with Gasteiger partial charge in [-0.05, 0) is 37.0 Å². The van der Waals surface area contributed by atoms with Crippen LogP contribution in [0.2, 0.25) is 0 Å². The van der Waals surface area contributed by atoms with Gasteiger partial charge in [-0.15, -0.1) is 0 Å². The minimum Gasteiger partial charge on any atom is -0.508 e. The first-order valence-electron chi connectivity index (χ1n) is 5.80. The molecule has 1 aromatic carbocycles. The standard InChI is InChI=1S/C13H19NO2/c14-9-13(6-1-7-16-10-13)8-11-2-4-12(15)5-3-11/h2-5,15H,1,6-10,14H2. The summed E-state index contributed by atoms with van der Waals surface area (Å²) in [5.41, 5.74) is 7.20. The molecule has 0 amide bonds. The Kier molecular flexibility index (Phi) is 3.46. The Labute approximate surface area is 96.2 Å². The number of nitrogens with two attached hydrogens (primary N) is 1. The van der Waals surface area contributed by atoms with Crippen molar-refractivity contribution in [1.82, 2.24) is 0 Å². The number of ether oxygens (including phenoxy) is 1. The van der Waals surface area contributed by atoms with Crippen LogP contribution in [0.25, 0.3) is 0 Å². The largest absolute Gasteiger partial charge is 0.508 e. The molecule has 0 aromatic heterocycles. The molecule has 88 valence electrons. The van der Waals surface area contributed by atoms with Crippen LogP contribution >= 0.6 is 0 Å². The maximum atomic E-state index is 9.23. The molecule has 1 fully saturated rings. The van der Waals surface area contributed by atoms with Gasteiger partial charge in [0.15, 0.2) is 0 Å². The van der Waals surface area contributed by atoms with E-state index in [1.165, 1.54) is 5.56 Å². The van der Waals surface area contributed by atoms with Crippen LogP contribution in [0.1, 0.15) is 18.4 Å². The summed E-state index contributed by atoms with van der Waals surface area (Å²) < 4.78 is 5.54. The molecule has 0 bridgehead atoms. The van der Waals surface area contributed by atoms with Crippen molar-refractivity contribution in [3.8, 4) is 5.75 Å². The zero-order valence-electron chi connectivity index (χ0n) is 9.48. The van der Waals surface area contributed by atoms with Gasteiger partial charge >= 0.3 is 0 Å². The summed E-state index contributed by atoms with van der Waals surface area (Å²) in [7, 11) is 0. The number of phenolic OH excluding ortho intramolecular Hbond substituents is 1. The van der Waals surface area contributed by atoms with Crippen LogP contribution in [0.4, 0.5) is 0 Å². The van der Waals surface area contributed by atoms with Gasteiger partial charge in [-0.1, -0.05) is 12.1 Å². The molecule has 1 saturated heterocycles. The first kappa shape index (κ1) is 11.4. The summed E-state index contributed by atoms with van der Waals surface area (Å²) in [5, 5.41) is 9.23. The summed E-state index contributed by atoms with van der Waals surface area (Å²) in [4.78, 5) is 0. The fourth-order valence-corrected chi connectivity index (χ4v) is 2.33. The molecule has 0 radical (unpaired) electrons. The van der Waals surface area contributed by atoms with Crippen molar-refractivity contribution in [2.75, 3.05) is 19.8 Å². The molecule has 1 atom stereocenters. The molecule has 16 heavy (non-hydrogen) atoms. The Balaban J connectivity index is 2.08. The number of hydrogen-bond acceptors (Lipinski definition) is 3. The zero-order chi connectivity index (χ0) is 11.4. The van der Waals surface area contributed by atoms with Crippen molar-refractivity contribution >= 4 is 0 Å². The fraction of sp³-hybridized carbons (Fsp3) is 0.538.